The molecule has 1 aliphatic carbocycles. The van der Waals surface area contributed by atoms with E-state index in [9.17, 15) is 9.59 Å². The number of hydrogen-bond donors (Lipinski definition) is 1. The molecule has 1 heterocycles. The van der Waals surface area contributed by atoms with Crippen molar-refractivity contribution in [1.29, 1.82) is 0 Å². The quantitative estimate of drug-likeness (QED) is 0.426. The van der Waals surface area contributed by atoms with Gasteiger partial charge in [-0.3, -0.25) is 4.79 Å². The van der Waals surface area contributed by atoms with Crippen LogP contribution in [0.4, 0.5) is 16.2 Å². The monoisotopic (exact) mass is 469 g/mol. The minimum atomic E-state index is -0.281. The summed E-state index contributed by atoms with van der Waals surface area (Å²) >= 11 is 0. The van der Waals surface area contributed by atoms with E-state index in [-0.39, 0.29) is 12.0 Å². The molecule has 3 aromatic carbocycles. The number of anilines is 2. The molecule has 6 nitrogen and oxygen atoms in total. The molecule has 5 rings (SSSR count). The number of ether oxygens (including phenoxy) is 1. The molecule has 0 atom stereocenters. The van der Waals surface area contributed by atoms with Crippen LogP contribution in [0.15, 0.2) is 48.5 Å². The van der Waals surface area contributed by atoms with Crippen LogP contribution in [0.25, 0.3) is 11.1 Å². The van der Waals surface area contributed by atoms with E-state index in [0.29, 0.717) is 44.0 Å². The molecular formula is C29H31N3O3. The number of hydrogen-bond acceptors (Lipinski definition) is 5. The Labute approximate surface area is 206 Å². The summed E-state index contributed by atoms with van der Waals surface area (Å²) in [5.74, 6) is 0.0511. The molecule has 0 unspecified atom stereocenters. The van der Waals surface area contributed by atoms with Crippen LogP contribution in [-0.4, -0.2) is 50.1 Å². The zero-order valence-corrected chi connectivity index (χ0v) is 20.5. The molecule has 0 bridgehead atoms. The van der Waals surface area contributed by atoms with E-state index < -0.39 is 0 Å². The van der Waals surface area contributed by atoms with Crippen molar-refractivity contribution in [3.63, 3.8) is 0 Å². The van der Waals surface area contributed by atoms with Crippen LogP contribution in [0.3, 0.4) is 0 Å². The lowest BCUT2D eigenvalue weighted by Crippen LogP contribution is -2.49. The first-order valence-electron chi connectivity index (χ1n) is 12.1. The lowest BCUT2D eigenvalue weighted by molar-refractivity contribution is 0.0976. The summed E-state index contributed by atoms with van der Waals surface area (Å²) in [5, 5.41) is 0. The first kappa shape index (κ1) is 23.0. The smallest absolute Gasteiger partial charge is 0.409 e. The minimum Gasteiger partial charge on any atom is -0.448 e. The van der Waals surface area contributed by atoms with Crippen molar-refractivity contribution in [2.24, 2.45) is 0 Å². The summed E-state index contributed by atoms with van der Waals surface area (Å²) in [5.41, 5.74) is 16.2. The predicted molar refractivity (Wildman–Crippen MR) is 139 cm³/mol. The maximum atomic E-state index is 13.0. The van der Waals surface area contributed by atoms with E-state index in [4.69, 9.17) is 10.5 Å². The second-order valence-corrected chi connectivity index (χ2v) is 9.45. The van der Waals surface area contributed by atoms with Crippen molar-refractivity contribution >= 4 is 23.8 Å². The molecule has 2 aliphatic rings. The van der Waals surface area contributed by atoms with Crippen LogP contribution >= 0.6 is 0 Å². The lowest BCUT2D eigenvalue weighted by Gasteiger charge is -2.38. The molecule has 0 radical (unpaired) electrons. The maximum Gasteiger partial charge on any atom is 0.409 e. The van der Waals surface area contributed by atoms with Gasteiger partial charge in [-0.25, -0.2) is 4.79 Å². The second-order valence-electron chi connectivity index (χ2n) is 9.45. The average Bonchev–Trinajstić information content (AvgIpc) is 3.20. The van der Waals surface area contributed by atoms with Crippen LogP contribution in [0, 0.1) is 20.8 Å². The number of benzene rings is 3. The average molecular weight is 470 g/mol. The minimum absolute atomic E-state index is 0.0511. The normalized spacial score (nSPS) is 15.1. The van der Waals surface area contributed by atoms with Crippen LogP contribution < -0.4 is 10.6 Å². The van der Waals surface area contributed by atoms with Gasteiger partial charge in [0.15, 0.2) is 6.29 Å². The van der Waals surface area contributed by atoms with Gasteiger partial charge in [-0.05, 0) is 59.7 Å². The van der Waals surface area contributed by atoms with Gasteiger partial charge in [-0.1, -0.05) is 48.5 Å². The maximum absolute atomic E-state index is 13.0. The second kappa shape index (κ2) is 9.10. The van der Waals surface area contributed by atoms with E-state index >= 15 is 0 Å². The number of nitrogen functional groups attached to an aromatic ring is 1. The number of nitrogens with two attached hydrogens (primary N) is 1. The van der Waals surface area contributed by atoms with Crippen molar-refractivity contribution in [1.82, 2.24) is 4.90 Å². The third kappa shape index (κ3) is 3.83. The van der Waals surface area contributed by atoms with Gasteiger partial charge < -0.3 is 20.3 Å². The van der Waals surface area contributed by atoms with E-state index in [1.807, 2.05) is 45.0 Å². The van der Waals surface area contributed by atoms with E-state index in [1.54, 1.807) is 4.90 Å². The summed E-state index contributed by atoms with van der Waals surface area (Å²) in [6, 6.07) is 16.7. The molecule has 0 saturated carbocycles. The Morgan fingerprint density at radius 2 is 1.49 bits per heavy atom. The highest BCUT2D eigenvalue weighted by atomic mass is 16.6. The van der Waals surface area contributed by atoms with Gasteiger partial charge in [0.1, 0.15) is 6.61 Å². The SMILES string of the molecule is Cc1c(N)c(C)c(N2CCN(C(=O)OCC3c4ccccc4-c4ccccc43)CC2)c(C)c1C=O. The van der Waals surface area contributed by atoms with E-state index in [0.717, 1.165) is 28.7 Å². The zero-order chi connectivity index (χ0) is 24.7. The van der Waals surface area contributed by atoms with Crippen molar-refractivity contribution in [3.8, 4) is 11.1 Å². The number of carbonyl (C=O) groups is 2. The van der Waals surface area contributed by atoms with Gasteiger partial charge in [0, 0.05) is 49.0 Å². The summed E-state index contributed by atoms with van der Waals surface area (Å²) in [4.78, 5) is 28.6. The Morgan fingerprint density at radius 1 is 0.914 bits per heavy atom. The number of carbonyl (C=O) groups excluding carboxylic acids is 2. The molecule has 0 spiro atoms. The first-order valence-corrected chi connectivity index (χ1v) is 12.1. The molecule has 180 valence electrons. The summed E-state index contributed by atoms with van der Waals surface area (Å²) in [7, 11) is 0. The van der Waals surface area contributed by atoms with Gasteiger partial charge >= 0.3 is 6.09 Å². The van der Waals surface area contributed by atoms with Crippen LogP contribution in [0.5, 0.6) is 0 Å². The number of fused-ring (bicyclic) bond motifs is 3. The van der Waals surface area contributed by atoms with Crippen LogP contribution in [0.2, 0.25) is 0 Å². The third-order valence-electron chi connectivity index (χ3n) is 7.63. The number of aldehydes is 1. The Bertz CT molecular complexity index is 1260. The van der Waals surface area contributed by atoms with Gasteiger partial charge in [0.2, 0.25) is 0 Å². The highest BCUT2D eigenvalue weighted by Crippen LogP contribution is 2.44. The van der Waals surface area contributed by atoms with Crippen molar-refractivity contribution in [2.45, 2.75) is 26.7 Å². The molecular weight excluding hydrogens is 438 g/mol. The highest BCUT2D eigenvalue weighted by Gasteiger charge is 2.31. The molecule has 6 heteroatoms. The van der Waals surface area contributed by atoms with Crippen molar-refractivity contribution < 1.29 is 14.3 Å². The van der Waals surface area contributed by atoms with E-state index in [2.05, 4.69) is 29.2 Å². The number of piperazine rings is 1. The predicted octanol–water partition coefficient (Wildman–Crippen LogP) is 5.08. The standard InChI is InChI=1S/C29H31N3O3/c1-18-25(16-33)19(2)28(20(3)27(18)30)31-12-14-32(15-13-31)29(34)35-17-26-23-10-6-4-8-21(23)22-9-5-7-11-24(22)26/h4-11,16,26H,12-15,17,30H2,1-3H3. The van der Waals surface area contributed by atoms with Crippen molar-refractivity contribution in [3.05, 3.63) is 81.9 Å². The number of amides is 1. The summed E-state index contributed by atoms with van der Waals surface area (Å²) in [6.45, 7) is 8.60. The topological polar surface area (TPSA) is 75.9 Å². The molecule has 35 heavy (non-hydrogen) atoms. The third-order valence-corrected chi connectivity index (χ3v) is 7.63. The molecule has 2 N–H and O–H groups in total. The molecule has 1 saturated heterocycles. The molecule has 1 amide bonds. The lowest BCUT2D eigenvalue weighted by atomic mass is 9.94. The van der Waals surface area contributed by atoms with Crippen LogP contribution in [-0.2, 0) is 4.74 Å². The fourth-order valence-corrected chi connectivity index (χ4v) is 5.69. The Morgan fingerprint density at radius 3 is 2.06 bits per heavy atom. The molecule has 3 aromatic rings. The molecule has 0 aromatic heterocycles. The summed E-state index contributed by atoms with van der Waals surface area (Å²) < 4.78 is 5.84. The molecule has 1 aliphatic heterocycles. The van der Waals surface area contributed by atoms with Gasteiger partial charge in [-0.15, -0.1) is 0 Å². The Hall–Kier alpha value is -3.80. The van der Waals surface area contributed by atoms with E-state index in [1.165, 1.54) is 22.3 Å². The fourth-order valence-electron chi connectivity index (χ4n) is 5.69. The van der Waals surface area contributed by atoms with Gasteiger partial charge in [0.25, 0.3) is 0 Å². The van der Waals surface area contributed by atoms with Crippen LogP contribution in [0.1, 0.15) is 44.1 Å². The Kier molecular flexibility index (Phi) is 5.97. The summed E-state index contributed by atoms with van der Waals surface area (Å²) in [6.07, 6.45) is 0.605. The van der Waals surface area contributed by atoms with Crippen molar-refractivity contribution in [2.75, 3.05) is 43.4 Å². The number of nitrogens with zero attached hydrogens (tertiary/aromatic N) is 2. The first-order chi connectivity index (χ1) is 16.9. The highest BCUT2D eigenvalue weighted by molar-refractivity contribution is 5.89. The zero-order valence-electron chi connectivity index (χ0n) is 20.5. The van der Waals surface area contributed by atoms with Gasteiger partial charge in [0.05, 0.1) is 0 Å². The fraction of sp³-hybridized carbons (Fsp3) is 0.310. The Balaban J connectivity index is 1.26. The van der Waals surface area contributed by atoms with Gasteiger partial charge in [-0.2, -0.15) is 0 Å². The molecule has 1 fully saturated rings. The number of rotatable bonds is 4. The largest absolute Gasteiger partial charge is 0.448 e.